The van der Waals surface area contributed by atoms with Gasteiger partial charge in [-0.25, -0.2) is 0 Å². The molecule has 0 unspecified atom stereocenters. The molecule has 0 saturated carbocycles. The van der Waals surface area contributed by atoms with E-state index in [1.54, 1.807) is 35.2 Å². The van der Waals surface area contributed by atoms with Crippen LogP contribution >= 0.6 is 11.6 Å². The first-order valence-electron chi connectivity index (χ1n) is 11.5. The molecule has 0 aliphatic carbocycles. The molecule has 11 heteroatoms. The summed E-state index contributed by atoms with van der Waals surface area (Å²) in [5.74, 6) is -0.829. The van der Waals surface area contributed by atoms with Gasteiger partial charge in [0.15, 0.2) is 5.76 Å². The van der Waals surface area contributed by atoms with Gasteiger partial charge in [0.1, 0.15) is 6.04 Å². The summed E-state index contributed by atoms with van der Waals surface area (Å²) < 4.78 is 5.18. The molecule has 10 nitrogen and oxygen atoms in total. The molecule has 2 aromatic rings. The lowest BCUT2D eigenvalue weighted by molar-refractivity contribution is -0.145. The van der Waals surface area contributed by atoms with Crippen molar-refractivity contribution in [3.8, 4) is 0 Å². The van der Waals surface area contributed by atoms with E-state index in [2.05, 4.69) is 10.6 Å². The van der Waals surface area contributed by atoms with Gasteiger partial charge in [0.2, 0.25) is 17.7 Å². The van der Waals surface area contributed by atoms with E-state index in [0.717, 1.165) is 5.56 Å². The number of halogens is 1. The summed E-state index contributed by atoms with van der Waals surface area (Å²) in [6.45, 7) is 4.63. The summed E-state index contributed by atoms with van der Waals surface area (Å²) in [5, 5.41) is 6.01. The second kappa shape index (κ2) is 10.9. The average molecular weight is 502 g/mol. The highest BCUT2D eigenvalue weighted by molar-refractivity contribution is 6.31. The number of aryl methyl sites for hydroxylation is 1. The predicted molar refractivity (Wildman–Crippen MR) is 129 cm³/mol. The number of hydrogen-bond donors (Lipinski definition) is 2. The molecule has 35 heavy (non-hydrogen) atoms. The van der Waals surface area contributed by atoms with Crippen molar-refractivity contribution >= 4 is 40.9 Å². The van der Waals surface area contributed by atoms with Gasteiger partial charge in [-0.3, -0.25) is 24.1 Å². The molecule has 1 atom stereocenters. The van der Waals surface area contributed by atoms with E-state index in [4.69, 9.17) is 16.0 Å². The minimum Gasteiger partial charge on any atom is -0.459 e. The molecule has 0 spiro atoms. The number of carbonyl (C=O) groups excluding carboxylic acids is 4. The van der Waals surface area contributed by atoms with Crippen LogP contribution in [0.4, 0.5) is 5.69 Å². The largest absolute Gasteiger partial charge is 0.459 e. The Hall–Kier alpha value is -3.37. The van der Waals surface area contributed by atoms with Gasteiger partial charge >= 0.3 is 0 Å². The fourth-order valence-electron chi connectivity index (χ4n) is 4.22. The maximum atomic E-state index is 13.1. The Kier molecular flexibility index (Phi) is 7.72. The van der Waals surface area contributed by atoms with Crippen molar-refractivity contribution < 1.29 is 23.6 Å². The van der Waals surface area contributed by atoms with Crippen molar-refractivity contribution in [1.29, 1.82) is 0 Å². The fourth-order valence-corrected chi connectivity index (χ4v) is 4.40. The van der Waals surface area contributed by atoms with Crippen LogP contribution in [0.2, 0.25) is 5.02 Å². The van der Waals surface area contributed by atoms with E-state index in [1.807, 2.05) is 11.8 Å². The highest BCUT2D eigenvalue weighted by atomic mass is 35.5. The molecule has 4 amide bonds. The third-order valence-corrected chi connectivity index (χ3v) is 6.64. The number of anilines is 1. The molecule has 0 bridgehead atoms. The van der Waals surface area contributed by atoms with Gasteiger partial charge in [-0.15, -0.1) is 0 Å². The molecule has 2 fully saturated rings. The van der Waals surface area contributed by atoms with Crippen LogP contribution in [0, 0.1) is 6.92 Å². The Balaban J connectivity index is 1.32. The number of carbonyl (C=O) groups is 4. The number of benzene rings is 1. The van der Waals surface area contributed by atoms with E-state index < -0.39 is 6.04 Å². The first kappa shape index (κ1) is 24.7. The van der Waals surface area contributed by atoms with Crippen molar-refractivity contribution in [2.75, 3.05) is 51.1 Å². The van der Waals surface area contributed by atoms with E-state index in [9.17, 15) is 19.2 Å². The van der Waals surface area contributed by atoms with Crippen molar-refractivity contribution in [2.45, 2.75) is 19.4 Å². The SMILES string of the molecule is Cc1ccc(NC(=O)C[C@H]2C(=O)NCCN2C(=O)CN2CCN(C(=O)c3ccco3)CC2)cc1Cl. The van der Waals surface area contributed by atoms with Gasteiger partial charge in [-0.2, -0.15) is 0 Å². The van der Waals surface area contributed by atoms with Crippen LogP contribution in [0.3, 0.4) is 0 Å². The van der Waals surface area contributed by atoms with Crippen LogP contribution in [0.1, 0.15) is 22.5 Å². The Morgan fingerprint density at radius 3 is 2.60 bits per heavy atom. The van der Waals surface area contributed by atoms with Crippen molar-refractivity contribution in [3.05, 3.63) is 52.9 Å². The van der Waals surface area contributed by atoms with Gasteiger partial charge < -0.3 is 24.9 Å². The smallest absolute Gasteiger partial charge is 0.289 e. The number of rotatable bonds is 6. The third-order valence-electron chi connectivity index (χ3n) is 6.24. The lowest BCUT2D eigenvalue weighted by Gasteiger charge is -2.38. The molecule has 186 valence electrons. The van der Waals surface area contributed by atoms with Crippen LogP contribution < -0.4 is 10.6 Å². The zero-order valence-corrected chi connectivity index (χ0v) is 20.2. The average Bonchev–Trinajstić information content (AvgIpc) is 3.38. The molecular formula is C24H28ClN5O5. The summed E-state index contributed by atoms with van der Waals surface area (Å²) in [5.41, 5.74) is 1.42. The quantitative estimate of drug-likeness (QED) is 0.617. The summed E-state index contributed by atoms with van der Waals surface area (Å²) >= 11 is 6.12. The molecular weight excluding hydrogens is 474 g/mol. The van der Waals surface area contributed by atoms with Crippen LogP contribution in [-0.4, -0.2) is 90.2 Å². The van der Waals surface area contributed by atoms with Crippen molar-refractivity contribution in [2.24, 2.45) is 0 Å². The molecule has 2 N–H and O–H groups in total. The zero-order chi connectivity index (χ0) is 24.9. The fraction of sp³-hybridized carbons (Fsp3) is 0.417. The molecule has 2 aliphatic rings. The standard InChI is InChI=1S/C24H28ClN5O5/c1-16-4-5-17(13-18(16)25)27-21(31)14-19-23(33)26-6-7-30(19)22(32)15-28-8-10-29(11-9-28)24(34)20-3-2-12-35-20/h2-5,12-13,19H,6-11,14-15H2,1H3,(H,26,33)(H,27,31)/t19-/m0/s1. The van der Waals surface area contributed by atoms with Crippen LogP contribution in [0.5, 0.6) is 0 Å². The number of hydrogen-bond acceptors (Lipinski definition) is 6. The number of nitrogens with zero attached hydrogens (tertiary/aromatic N) is 3. The molecule has 0 radical (unpaired) electrons. The maximum Gasteiger partial charge on any atom is 0.289 e. The topological polar surface area (TPSA) is 115 Å². The lowest BCUT2D eigenvalue weighted by Crippen LogP contribution is -2.60. The summed E-state index contributed by atoms with van der Waals surface area (Å²) in [6, 6.07) is 7.59. The van der Waals surface area contributed by atoms with Crippen LogP contribution in [0.25, 0.3) is 0 Å². The van der Waals surface area contributed by atoms with E-state index >= 15 is 0 Å². The van der Waals surface area contributed by atoms with E-state index in [1.165, 1.54) is 11.2 Å². The number of nitrogens with one attached hydrogen (secondary N) is 2. The van der Waals surface area contributed by atoms with Gasteiger partial charge in [0.05, 0.1) is 19.2 Å². The molecule has 2 aliphatic heterocycles. The lowest BCUT2D eigenvalue weighted by atomic mass is 10.1. The van der Waals surface area contributed by atoms with Crippen molar-refractivity contribution in [3.63, 3.8) is 0 Å². The normalized spacial score (nSPS) is 18.8. The number of amides is 4. The zero-order valence-electron chi connectivity index (χ0n) is 19.5. The minimum absolute atomic E-state index is 0.113. The van der Waals surface area contributed by atoms with Crippen LogP contribution in [0.15, 0.2) is 41.0 Å². The Morgan fingerprint density at radius 2 is 1.91 bits per heavy atom. The van der Waals surface area contributed by atoms with Gasteiger partial charge in [0.25, 0.3) is 5.91 Å². The highest BCUT2D eigenvalue weighted by Gasteiger charge is 2.35. The highest BCUT2D eigenvalue weighted by Crippen LogP contribution is 2.21. The first-order chi connectivity index (χ1) is 16.8. The maximum absolute atomic E-state index is 13.1. The molecule has 3 heterocycles. The Labute approximate surface area is 208 Å². The molecule has 1 aromatic heterocycles. The van der Waals surface area contributed by atoms with E-state index in [-0.39, 0.29) is 36.6 Å². The molecule has 1 aromatic carbocycles. The second-order valence-electron chi connectivity index (χ2n) is 8.66. The van der Waals surface area contributed by atoms with Crippen LogP contribution in [-0.2, 0) is 14.4 Å². The Bertz CT molecular complexity index is 1100. The van der Waals surface area contributed by atoms with Gasteiger partial charge in [-0.05, 0) is 36.8 Å². The second-order valence-corrected chi connectivity index (χ2v) is 9.06. The predicted octanol–water partition coefficient (Wildman–Crippen LogP) is 1.36. The van der Waals surface area contributed by atoms with Gasteiger partial charge in [0, 0.05) is 50.0 Å². The monoisotopic (exact) mass is 501 g/mol. The summed E-state index contributed by atoms with van der Waals surface area (Å²) in [6.07, 6.45) is 1.30. The number of piperazine rings is 2. The van der Waals surface area contributed by atoms with Crippen molar-refractivity contribution in [1.82, 2.24) is 20.0 Å². The molecule has 4 rings (SSSR count). The number of furan rings is 1. The minimum atomic E-state index is -0.890. The molecule has 2 saturated heterocycles. The Morgan fingerprint density at radius 1 is 1.14 bits per heavy atom. The van der Waals surface area contributed by atoms with E-state index in [0.29, 0.717) is 55.7 Å². The summed E-state index contributed by atoms with van der Waals surface area (Å²) in [4.78, 5) is 55.9. The summed E-state index contributed by atoms with van der Waals surface area (Å²) in [7, 11) is 0. The van der Waals surface area contributed by atoms with Gasteiger partial charge in [-0.1, -0.05) is 17.7 Å². The first-order valence-corrected chi connectivity index (χ1v) is 11.9. The third kappa shape index (κ3) is 6.01.